The zero-order valence-corrected chi connectivity index (χ0v) is 11.5. The first-order valence-electron chi connectivity index (χ1n) is 7.73. The summed E-state index contributed by atoms with van der Waals surface area (Å²) in [5, 5.41) is 3.31. The third-order valence-electron chi connectivity index (χ3n) is 4.66. The van der Waals surface area contributed by atoms with Crippen LogP contribution in [0.15, 0.2) is 24.3 Å². The molecule has 2 aliphatic rings. The lowest BCUT2D eigenvalue weighted by Gasteiger charge is -2.29. The summed E-state index contributed by atoms with van der Waals surface area (Å²) in [5.41, 5.74) is 2.76. The van der Waals surface area contributed by atoms with Crippen LogP contribution in [0, 0.1) is 5.92 Å². The van der Waals surface area contributed by atoms with E-state index in [1.807, 2.05) is 0 Å². The van der Waals surface area contributed by atoms with Crippen LogP contribution in [0.3, 0.4) is 0 Å². The zero-order valence-electron chi connectivity index (χ0n) is 11.5. The number of rotatable bonds is 2. The summed E-state index contributed by atoms with van der Waals surface area (Å²) in [7, 11) is 0. The maximum Gasteiger partial charge on any atom is 0.223 e. The highest BCUT2D eigenvalue weighted by atomic mass is 16.1. The van der Waals surface area contributed by atoms with Gasteiger partial charge in [-0.25, -0.2) is 0 Å². The van der Waals surface area contributed by atoms with Crippen molar-refractivity contribution in [1.29, 1.82) is 0 Å². The Balaban J connectivity index is 1.68. The monoisotopic (exact) mass is 257 g/mol. The lowest BCUT2D eigenvalue weighted by Crippen LogP contribution is -2.36. The molecular formula is C17H23NO. The Labute approximate surface area is 115 Å². The van der Waals surface area contributed by atoms with Gasteiger partial charge in [-0.05, 0) is 43.2 Å². The number of carbonyl (C=O) groups excluding carboxylic acids is 1. The highest BCUT2D eigenvalue weighted by Crippen LogP contribution is 2.31. The summed E-state index contributed by atoms with van der Waals surface area (Å²) in [4.78, 5) is 12.4. The third-order valence-corrected chi connectivity index (χ3v) is 4.66. The Morgan fingerprint density at radius 1 is 1.00 bits per heavy atom. The van der Waals surface area contributed by atoms with Crippen LogP contribution < -0.4 is 5.32 Å². The van der Waals surface area contributed by atoms with Crippen LogP contribution in [-0.2, 0) is 11.2 Å². The Hall–Kier alpha value is -1.31. The molecule has 0 unspecified atom stereocenters. The first-order chi connectivity index (χ1) is 9.34. The minimum absolute atomic E-state index is 0.249. The number of aryl methyl sites for hydroxylation is 1. The Morgan fingerprint density at radius 2 is 1.79 bits per heavy atom. The van der Waals surface area contributed by atoms with Crippen molar-refractivity contribution in [3.63, 3.8) is 0 Å². The van der Waals surface area contributed by atoms with E-state index >= 15 is 0 Å². The average Bonchev–Trinajstić information content (AvgIpc) is 2.48. The third kappa shape index (κ3) is 2.83. The number of nitrogens with one attached hydrogen (secondary N) is 1. The second-order valence-corrected chi connectivity index (χ2v) is 5.99. The first kappa shape index (κ1) is 12.7. The molecule has 0 aromatic heterocycles. The molecule has 2 aliphatic carbocycles. The highest BCUT2D eigenvalue weighted by molar-refractivity contribution is 5.79. The van der Waals surface area contributed by atoms with Crippen molar-refractivity contribution in [2.45, 2.75) is 57.4 Å². The van der Waals surface area contributed by atoms with Gasteiger partial charge in [-0.15, -0.1) is 0 Å². The van der Waals surface area contributed by atoms with Gasteiger partial charge in [0, 0.05) is 5.92 Å². The average molecular weight is 257 g/mol. The van der Waals surface area contributed by atoms with Crippen LogP contribution in [0.4, 0.5) is 0 Å². The van der Waals surface area contributed by atoms with E-state index in [4.69, 9.17) is 0 Å². The lowest BCUT2D eigenvalue weighted by molar-refractivity contribution is -0.126. The van der Waals surface area contributed by atoms with Crippen LogP contribution in [0.1, 0.15) is 62.1 Å². The fourth-order valence-corrected chi connectivity index (χ4v) is 3.56. The van der Waals surface area contributed by atoms with Gasteiger partial charge >= 0.3 is 0 Å². The molecule has 1 atom stereocenters. The zero-order chi connectivity index (χ0) is 13.1. The summed E-state index contributed by atoms with van der Waals surface area (Å²) >= 11 is 0. The van der Waals surface area contributed by atoms with Crippen LogP contribution in [0.2, 0.25) is 0 Å². The van der Waals surface area contributed by atoms with Crippen LogP contribution >= 0.6 is 0 Å². The van der Waals surface area contributed by atoms with E-state index in [0.717, 1.165) is 25.7 Å². The predicted molar refractivity (Wildman–Crippen MR) is 76.8 cm³/mol. The summed E-state index contributed by atoms with van der Waals surface area (Å²) in [6.07, 6.45) is 9.35. The molecule has 1 aromatic rings. The molecule has 0 aliphatic heterocycles. The topological polar surface area (TPSA) is 29.1 Å². The van der Waals surface area contributed by atoms with E-state index in [0.29, 0.717) is 5.91 Å². The fraction of sp³-hybridized carbons (Fsp3) is 0.588. The van der Waals surface area contributed by atoms with Gasteiger partial charge in [0.2, 0.25) is 5.91 Å². The number of hydrogen-bond donors (Lipinski definition) is 1. The van der Waals surface area contributed by atoms with Gasteiger partial charge in [0.25, 0.3) is 0 Å². The first-order valence-corrected chi connectivity index (χ1v) is 7.73. The number of fused-ring (bicyclic) bond motifs is 1. The van der Waals surface area contributed by atoms with Crippen LogP contribution in [0.5, 0.6) is 0 Å². The molecule has 19 heavy (non-hydrogen) atoms. The van der Waals surface area contributed by atoms with E-state index in [9.17, 15) is 4.79 Å². The van der Waals surface area contributed by atoms with E-state index < -0.39 is 0 Å². The molecule has 0 saturated heterocycles. The molecule has 1 fully saturated rings. The number of hydrogen-bond acceptors (Lipinski definition) is 1. The van der Waals surface area contributed by atoms with Gasteiger partial charge in [-0.2, -0.15) is 0 Å². The largest absolute Gasteiger partial charge is 0.349 e. The summed E-state index contributed by atoms with van der Waals surface area (Å²) < 4.78 is 0. The maximum absolute atomic E-state index is 12.4. The van der Waals surface area contributed by atoms with Crippen molar-refractivity contribution in [2.75, 3.05) is 0 Å². The predicted octanol–water partition coefficient (Wildman–Crippen LogP) is 3.76. The summed E-state index contributed by atoms with van der Waals surface area (Å²) in [6.45, 7) is 0. The summed E-state index contributed by atoms with van der Waals surface area (Å²) in [6, 6.07) is 8.82. The molecule has 1 N–H and O–H groups in total. The smallest absolute Gasteiger partial charge is 0.223 e. The van der Waals surface area contributed by atoms with Crippen molar-refractivity contribution in [3.8, 4) is 0 Å². The minimum atomic E-state index is 0.249. The molecule has 2 nitrogen and oxygen atoms in total. The van der Waals surface area contributed by atoms with Crippen LogP contribution in [-0.4, -0.2) is 5.91 Å². The van der Waals surface area contributed by atoms with Crippen molar-refractivity contribution in [3.05, 3.63) is 35.4 Å². The van der Waals surface area contributed by atoms with Crippen molar-refractivity contribution in [2.24, 2.45) is 5.92 Å². The number of carbonyl (C=O) groups is 1. The Bertz CT molecular complexity index is 448. The Kier molecular flexibility index (Phi) is 3.86. The normalized spacial score (nSPS) is 23.7. The van der Waals surface area contributed by atoms with E-state index in [1.54, 1.807) is 0 Å². The van der Waals surface area contributed by atoms with E-state index in [-0.39, 0.29) is 12.0 Å². The minimum Gasteiger partial charge on any atom is -0.349 e. The molecule has 0 bridgehead atoms. The molecule has 1 saturated carbocycles. The molecule has 3 rings (SSSR count). The number of benzene rings is 1. The highest BCUT2D eigenvalue weighted by Gasteiger charge is 2.26. The van der Waals surface area contributed by atoms with Gasteiger partial charge in [0.15, 0.2) is 0 Å². The van der Waals surface area contributed by atoms with Crippen molar-refractivity contribution < 1.29 is 4.79 Å². The Morgan fingerprint density at radius 3 is 2.63 bits per heavy atom. The van der Waals surface area contributed by atoms with Gasteiger partial charge in [-0.1, -0.05) is 43.5 Å². The molecular weight excluding hydrogens is 234 g/mol. The SMILES string of the molecule is O=C(N[C@@H]1CCCc2ccccc21)C1CCCCC1. The molecule has 102 valence electrons. The molecule has 0 radical (unpaired) electrons. The van der Waals surface area contributed by atoms with Crippen LogP contribution in [0.25, 0.3) is 0 Å². The quantitative estimate of drug-likeness (QED) is 0.858. The van der Waals surface area contributed by atoms with E-state index in [1.165, 1.54) is 36.8 Å². The van der Waals surface area contributed by atoms with Crippen molar-refractivity contribution in [1.82, 2.24) is 5.32 Å². The van der Waals surface area contributed by atoms with Crippen molar-refractivity contribution >= 4 is 5.91 Å². The van der Waals surface area contributed by atoms with Gasteiger partial charge in [0.05, 0.1) is 6.04 Å². The maximum atomic E-state index is 12.4. The second kappa shape index (κ2) is 5.77. The molecule has 2 heteroatoms. The number of amides is 1. The molecule has 0 heterocycles. The van der Waals surface area contributed by atoms with Gasteiger partial charge in [-0.3, -0.25) is 4.79 Å². The molecule has 1 amide bonds. The van der Waals surface area contributed by atoms with Gasteiger partial charge in [0.1, 0.15) is 0 Å². The second-order valence-electron chi connectivity index (χ2n) is 5.99. The lowest BCUT2D eigenvalue weighted by atomic mass is 9.85. The standard InChI is InChI=1S/C17H23NO/c19-17(14-8-2-1-3-9-14)18-16-12-6-10-13-7-4-5-11-15(13)16/h4-5,7,11,14,16H,1-3,6,8-10,12H2,(H,18,19)/t16-/m1/s1. The fourth-order valence-electron chi connectivity index (χ4n) is 3.56. The molecule has 1 aromatic carbocycles. The van der Waals surface area contributed by atoms with E-state index in [2.05, 4.69) is 29.6 Å². The molecule has 0 spiro atoms. The summed E-state index contributed by atoms with van der Waals surface area (Å²) in [5.74, 6) is 0.559. The van der Waals surface area contributed by atoms with Gasteiger partial charge < -0.3 is 5.32 Å².